The molecule has 1 aliphatic rings. The van der Waals surface area contributed by atoms with Crippen molar-refractivity contribution in [1.82, 2.24) is 5.32 Å². The van der Waals surface area contributed by atoms with Crippen LogP contribution in [0.15, 0.2) is 30.3 Å². The van der Waals surface area contributed by atoms with Crippen LogP contribution in [-0.2, 0) is 4.74 Å². The Labute approximate surface area is 153 Å². The standard InChI is InChI=1S/C20H25NO3S/c1-14-18(16-6-8-17(23-2)9-7-16)12-19(25-14)20(22)21-10-3-11-24-13-15-4-5-15/h6-9,12,15H,3-5,10-11,13H2,1-2H3,(H,21,22). The third-order valence-corrected chi connectivity index (χ3v) is 5.39. The number of amides is 1. The minimum absolute atomic E-state index is 0.00458. The fraction of sp³-hybridized carbons (Fsp3) is 0.450. The summed E-state index contributed by atoms with van der Waals surface area (Å²) in [7, 11) is 1.66. The van der Waals surface area contributed by atoms with E-state index in [1.165, 1.54) is 24.2 Å². The number of ether oxygens (including phenoxy) is 2. The smallest absolute Gasteiger partial charge is 0.261 e. The minimum Gasteiger partial charge on any atom is -0.497 e. The molecule has 1 aromatic heterocycles. The lowest BCUT2D eigenvalue weighted by Crippen LogP contribution is -2.24. The van der Waals surface area contributed by atoms with Crippen molar-refractivity contribution in [3.05, 3.63) is 40.1 Å². The van der Waals surface area contributed by atoms with Gasteiger partial charge in [-0.2, -0.15) is 0 Å². The van der Waals surface area contributed by atoms with Crippen molar-refractivity contribution < 1.29 is 14.3 Å². The highest BCUT2D eigenvalue weighted by atomic mass is 32.1. The first kappa shape index (κ1) is 18.0. The first-order chi connectivity index (χ1) is 12.2. The van der Waals surface area contributed by atoms with E-state index >= 15 is 0 Å². The molecular weight excluding hydrogens is 334 g/mol. The van der Waals surface area contributed by atoms with Gasteiger partial charge in [-0.25, -0.2) is 0 Å². The molecule has 1 aromatic carbocycles. The maximum Gasteiger partial charge on any atom is 0.261 e. The number of nitrogens with one attached hydrogen (secondary N) is 1. The molecule has 0 bridgehead atoms. The zero-order valence-electron chi connectivity index (χ0n) is 14.8. The van der Waals surface area contributed by atoms with Crippen molar-refractivity contribution in [2.24, 2.45) is 5.92 Å². The summed E-state index contributed by atoms with van der Waals surface area (Å²) >= 11 is 1.53. The molecule has 0 atom stereocenters. The molecule has 0 unspecified atom stereocenters. The first-order valence-electron chi connectivity index (χ1n) is 8.78. The van der Waals surface area contributed by atoms with Gasteiger partial charge in [0.15, 0.2) is 0 Å². The number of hydrogen-bond acceptors (Lipinski definition) is 4. The minimum atomic E-state index is -0.00458. The van der Waals surface area contributed by atoms with Gasteiger partial charge in [0, 0.05) is 24.6 Å². The molecule has 3 rings (SSSR count). The van der Waals surface area contributed by atoms with Crippen LogP contribution in [0.25, 0.3) is 11.1 Å². The van der Waals surface area contributed by atoms with Crippen molar-refractivity contribution in [3.63, 3.8) is 0 Å². The van der Waals surface area contributed by atoms with E-state index in [4.69, 9.17) is 9.47 Å². The Hall–Kier alpha value is -1.85. The number of carbonyl (C=O) groups is 1. The zero-order valence-corrected chi connectivity index (χ0v) is 15.7. The monoisotopic (exact) mass is 359 g/mol. The second-order valence-corrected chi connectivity index (χ2v) is 7.69. The third-order valence-electron chi connectivity index (χ3n) is 4.34. The van der Waals surface area contributed by atoms with Gasteiger partial charge in [-0.15, -0.1) is 11.3 Å². The lowest BCUT2D eigenvalue weighted by atomic mass is 10.1. The highest BCUT2D eigenvalue weighted by Gasteiger charge is 2.20. The number of methoxy groups -OCH3 is 1. The average molecular weight is 359 g/mol. The number of aryl methyl sites for hydroxylation is 1. The number of carbonyl (C=O) groups excluding carboxylic acids is 1. The number of rotatable bonds is 9. The molecule has 2 aromatic rings. The summed E-state index contributed by atoms with van der Waals surface area (Å²) < 4.78 is 10.8. The lowest BCUT2D eigenvalue weighted by molar-refractivity contribution is 0.0941. The maximum atomic E-state index is 12.3. The summed E-state index contributed by atoms with van der Waals surface area (Å²) in [5.74, 6) is 1.62. The van der Waals surface area contributed by atoms with Gasteiger partial charge in [0.2, 0.25) is 0 Å². The molecule has 25 heavy (non-hydrogen) atoms. The summed E-state index contributed by atoms with van der Waals surface area (Å²) in [6.07, 6.45) is 3.48. The van der Waals surface area contributed by atoms with Gasteiger partial charge < -0.3 is 14.8 Å². The molecule has 1 heterocycles. The van der Waals surface area contributed by atoms with Crippen molar-refractivity contribution in [3.8, 4) is 16.9 Å². The molecule has 0 saturated heterocycles. The van der Waals surface area contributed by atoms with E-state index in [1.54, 1.807) is 7.11 Å². The Bertz CT molecular complexity index is 704. The maximum absolute atomic E-state index is 12.3. The van der Waals surface area contributed by atoms with E-state index in [0.29, 0.717) is 6.54 Å². The van der Waals surface area contributed by atoms with Crippen LogP contribution in [0, 0.1) is 12.8 Å². The van der Waals surface area contributed by atoms with Crippen molar-refractivity contribution >= 4 is 17.2 Å². The van der Waals surface area contributed by atoms with E-state index in [0.717, 1.165) is 52.2 Å². The Morgan fingerprint density at radius 1 is 1.28 bits per heavy atom. The van der Waals surface area contributed by atoms with Crippen LogP contribution in [-0.4, -0.2) is 32.8 Å². The van der Waals surface area contributed by atoms with E-state index in [1.807, 2.05) is 37.3 Å². The molecule has 0 radical (unpaired) electrons. The van der Waals surface area contributed by atoms with Gasteiger partial charge in [0.05, 0.1) is 12.0 Å². The van der Waals surface area contributed by atoms with Crippen LogP contribution in [0.5, 0.6) is 5.75 Å². The summed E-state index contributed by atoms with van der Waals surface area (Å²) in [5, 5.41) is 2.98. The van der Waals surface area contributed by atoms with E-state index in [2.05, 4.69) is 5.32 Å². The van der Waals surface area contributed by atoms with Crippen molar-refractivity contribution in [1.29, 1.82) is 0 Å². The highest BCUT2D eigenvalue weighted by molar-refractivity contribution is 7.14. The molecule has 1 fully saturated rings. The Morgan fingerprint density at radius 2 is 2.04 bits per heavy atom. The lowest BCUT2D eigenvalue weighted by Gasteiger charge is -2.04. The quantitative estimate of drug-likeness (QED) is 0.680. The second-order valence-electron chi connectivity index (χ2n) is 6.44. The molecular formula is C20H25NO3S. The normalized spacial score (nSPS) is 13.7. The van der Waals surface area contributed by atoms with Gasteiger partial charge >= 0.3 is 0 Å². The molecule has 0 spiro atoms. The third kappa shape index (κ3) is 5.06. The van der Waals surface area contributed by atoms with Gasteiger partial charge in [-0.3, -0.25) is 4.79 Å². The van der Waals surface area contributed by atoms with Crippen LogP contribution in [0.2, 0.25) is 0 Å². The summed E-state index contributed by atoms with van der Waals surface area (Å²) in [4.78, 5) is 14.2. The van der Waals surface area contributed by atoms with Crippen molar-refractivity contribution in [2.75, 3.05) is 26.9 Å². The van der Waals surface area contributed by atoms with Gasteiger partial charge in [0.25, 0.3) is 5.91 Å². The summed E-state index contributed by atoms with van der Waals surface area (Å²) in [6, 6.07) is 9.89. The second kappa shape index (κ2) is 8.50. The molecule has 1 aliphatic carbocycles. The first-order valence-corrected chi connectivity index (χ1v) is 9.60. The molecule has 1 N–H and O–H groups in total. The van der Waals surface area contributed by atoms with E-state index < -0.39 is 0 Å². The van der Waals surface area contributed by atoms with Gasteiger partial charge in [-0.05, 0) is 61.4 Å². The van der Waals surface area contributed by atoms with Crippen LogP contribution >= 0.6 is 11.3 Å². The van der Waals surface area contributed by atoms with Crippen molar-refractivity contribution in [2.45, 2.75) is 26.2 Å². The number of thiophene rings is 1. The fourth-order valence-electron chi connectivity index (χ4n) is 2.65. The van der Waals surface area contributed by atoms with E-state index in [-0.39, 0.29) is 5.91 Å². The molecule has 4 nitrogen and oxygen atoms in total. The number of benzene rings is 1. The van der Waals surface area contributed by atoms with Crippen LogP contribution in [0.1, 0.15) is 33.8 Å². The average Bonchev–Trinajstić information content (AvgIpc) is 3.38. The fourth-order valence-corrected chi connectivity index (χ4v) is 3.61. The van der Waals surface area contributed by atoms with Gasteiger partial charge in [-0.1, -0.05) is 12.1 Å². The van der Waals surface area contributed by atoms with Crippen LogP contribution < -0.4 is 10.1 Å². The zero-order chi connectivity index (χ0) is 17.6. The summed E-state index contributed by atoms with van der Waals surface area (Å²) in [5.41, 5.74) is 2.20. The Kier molecular flexibility index (Phi) is 6.10. The summed E-state index contributed by atoms with van der Waals surface area (Å²) in [6.45, 7) is 4.30. The number of hydrogen-bond donors (Lipinski definition) is 1. The largest absolute Gasteiger partial charge is 0.497 e. The Balaban J connectivity index is 1.50. The molecule has 0 aliphatic heterocycles. The molecule has 134 valence electrons. The van der Waals surface area contributed by atoms with E-state index in [9.17, 15) is 4.79 Å². The predicted octanol–water partition coefficient (Wildman–Crippen LogP) is 4.28. The topological polar surface area (TPSA) is 47.6 Å². The predicted molar refractivity (Wildman–Crippen MR) is 102 cm³/mol. The molecule has 5 heteroatoms. The molecule has 1 amide bonds. The Morgan fingerprint density at radius 3 is 2.72 bits per heavy atom. The molecule has 1 saturated carbocycles. The SMILES string of the molecule is COc1ccc(-c2cc(C(=O)NCCCOCC3CC3)sc2C)cc1. The van der Waals surface area contributed by atoms with Crippen LogP contribution in [0.4, 0.5) is 0 Å². The van der Waals surface area contributed by atoms with Gasteiger partial charge in [0.1, 0.15) is 5.75 Å². The highest BCUT2D eigenvalue weighted by Crippen LogP contribution is 2.32. The van der Waals surface area contributed by atoms with Crippen LogP contribution in [0.3, 0.4) is 0 Å².